The van der Waals surface area contributed by atoms with E-state index in [1.54, 1.807) is 27.7 Å². The van der Waals surface area contributed by atoms with E-state index in [1.165, 1.54) is 18.3 Å². The van der Waals surface area contributed by atoms with Crippen LogP contribution in [0.5, 0.6) is 0 Å². The van der Waals surface area contributed by atoms with Gasteiger partial charge < -0.3 is 4.55 Å². The molecule has 0 aliphatic carbocycles. The van der Waals surface area contributed by atoms with Crippen LogP contribution in [-0.2, 0) is 17.3 Å². The topological polar surface area (TPSA) is 35.4 Å². The Hall–Kier alpha value is -1.01. The third-order valence-corrected chi connectivity index (χ3v) is 4.26. The molecular weight excluding hydrogens is 299 g/mol. The van der Waals surface area contributed by atoms with Gasteiger partial charge in [0.2, 0.25) is 0 Å². The van der Waals surface area contributed by atoms with E-state index in [-0.39, 0.29) is 5.56 Å². The predicted octanol–water partition coefficient (Wildman–Crippen LogP) is 4.57. The summed E-state index contributed by atoms with van der Waals surface area (Å²) < 4.78 is 56.0. The van der Waals surface area contributed by atoms with Crippen LogP contribution in [0.3, 0.4) is 0 Å². The van der Waals surface area contributed by atoms with Crippen molar-refractivity contribution < 1.29 is 17.7 Å². The third kappa shape index (κ3) is 4.74. The van der Waals surface area contributed by atoms with Gasteiger partial charge in [0.15, 0.2) is 0 Å². The minimum Gasteiger partial charge on any atom is -0.591 e. The van der Waals surface area contributed by atoms with Gasteiger partial charge in [0.05, 0.1) is 11.8 Å². The molecule has 0 heterocycles. The number of hydrogen-bond donors (Lipinski definition) is 0. The highest BCUT2D eigenvalue weighted by Crippen LogP contribution is 2.32. The van der Waals surface area contributed by atoms with E-state index in [9.17, 15) is 17.7 Å². The molecule has 1 aromatic carbocycles. The molecule has 21 heavy (non-hydrogen) atoms. The largest absolute Gasteiger partial charge is 0.591 e. The quantitative estimate of drug-likeness (QED) is 0.591. The minimum atomic E-state index is -3.24. The van der Waals surface area contributed by atoms with Crippen LogP contribution in [0.4, 0.5) is 13.2 Å². The van der Waals surface area contributed by atoms with Crippen molar-refractivity contribution in [2.45, 2.75) is 51.2 Å². The number of rotatable bonds is 4. The fourth-order valence-corrected chi connectivity index (χ4v) is 2.23. The van der Waals surface area contributed by atoms with Crippen LogP contribution in [-0.4, -0.2) is 15.5 Å². The second kappa shape index (κ2) is 6.40. The Kier molecular flexibility index (Phi) is 5.50. The van der Waals surface area contributed by atoms with Gasteiger partial charge in [0, 0.05) is 12.8 Å². The van der Waals surface area contributed by atoms with Crippen molar-refractivity contribution in [1.29, 1.82) is 0 Å². The summed E-state index contributed by atoms with van der Waals surface area (Å²) in [7, 11) is 0. The third-order valence-electron chi connectivity index (χ3n) is 2.90. The summed E-state index contributed by atoms with van der Waals surface area (Å²) >= 11 is -1.46. The predicted molar refractivity (Wildman–Crippen MR) is 80.8 cm³/mol. The van der Waals surface area contributed by atoms with Gasteiger partial charge in [0.25, 0.3) is 5.92 Å². The van der Waals surface area contributed by atoms with Crippen molar-refractivity contribution >= 4 is 17.6 Å². The molecule has 1 aromatic rings. The highest BCUT2D eigenvalue weighted by Gasteiger charge is 2.30. The van der Waals surface area contributed by atoms with Crippen LogP contribution in [0.1, 0.15) is 51.7 Å². The summed E-state index contributed by atoms with van der Waals surface area (Å²) in [4.78, 5) is 0. The maximum Gasteiger partial charge on any atom is 0.273 e. The molecule has 0 saturated heterocycles. The van der Waals surface area contributed by atoms with Gasteiger partial charge in [-0.3, -0.25) is 0 Å². The maximum atomic E-state index is 14.2. The van der Waals surface area contributed by atoms with Gasteiger partial charge in [-0.25, -0.2) is 13.2 Å². The summed E-state index contributed by atoms with van der Waals surface area (Å²) in [6, 6.07) is 3.88. The van der Waals surface area contributed by atoms with Gasteiger partial charge in [-0.15, -0.1) is 0 Å². The van der Waals surface area contributed by atoms with Gasteiger partial charge in [0.1, 0.15) is 21.9 Å². The van der Waals surface area contributed by atoms with Crippen LogP contribution < -0.4 is 0 Å². The van der Waals surface area contributed by atoms with Crippen LogP contribution >= 0.6 is 0 Å². The number of halogens is 3. The monoisotopic (exact) mass is 319 g/mol. The lowest BCUT2D eigenvalue weighted by Gasteiger charge is -2.19. The fraction of sp³-hybridized carbons (Fsp3) is 0.533. The molecule has 0 aromatic heterocycles. The smallest absolute Gasteiger partial charge is 0.273 e. The zero-order valence-corrected chi connectivity index (χ0v) is 13.6. The van der Waals surface area contributed by atoms with E-state index in [0.29, 0.717) is 6.92 Å². The van der Waals surface area contributed by atoms with Crippen molar-refractivity contribution in [2.75, 3.05) is 0 Å². The summed E-state index contributed by atoms with van der Waals surface area (Å²) in [5.74, 6) is -4.73. The first kappa shape index (κ1) is 18.0. The van der Waals surface area contributed by atoms with E-state index in [1.807, 2.05) is 0 Å². The SMILES string of the molecule is CC(C=N[S+]([O-])C(C)(C)C)c1cccc(C(C)(F)F)c1F. The molecule has 0 N–H and O–H groups in total. The minimum absolute atomic E-state index is 0.115. The number of hydrogen-bond acceptors (Lipinski definition) is 2. The Balaban J connectivity index is 3.04. The Bertz CT molecular complexity index is 521. The molecule has 0 radical (unpaired) electrons. The Labute approximate surface area is 126 Å². The van der Waals surface area contributed by atoms with Gasteiger partial charge >= 0.3 is 0 Å². The molecule has 6 heteroatoms. The first-order chi connectivity index (χ1) is 9.44. The molecule has 2 atom stereocenters. The summed E-state index contributed by atoms with van der Waals surface area (Å²) in [5.41, 5.74) is -0.527. The second-order valence-electron chi connectivity index (χ2n) is 6.00. The van der Waals surface area contributed by atoms with Crippen LogP contribution in [0.2, 0.25) is 0 Å². The number of nitrogens with zero attached hydrogens (tertiary/aromatic N) is 1. The van der Waals surface area contributed by atoms with Gasteiger partial charge in [-0.1, -0.05) is 29.5 Å². The number of alkyl halides is 2. The maximum absolute atomic E-state index is 14.2. The molecular formula is C15H20F3NOS. The van der Waals surface area contributed by atoms with E-state index < -0.39 is 39.3 Å². The van der Waals surface area contributed by atoms with E-state index >= 15 is 0 Å². The molecule has 1 rings (SSSR count). The molecule has 0 spiro atoms. The van der Waals surface area contributed by atoms with E-state index in [2.05, 4.69) is 4.40 Å². The molecule has 2 nitrogen and oxygen atoms in total. The molecule has 0 saturated carbocycles. The normalized spacial score (nSPS) is 16.2. The van der Waals surface area contributed by atoms with Crippen LogP contribution in [0.25, 0.3) is 0 Å². The van der Waals surface area contributed by atoms with Gasteiger partial charge in [-0.05, 0) is 26.3 Å². The molecule has 0 aliphatic rings. The summed E-state index contributed by atoms with van der Waals surface area (Å²) in [5, 5.41) is 0. The van der Waals surface area contributed by atoms with Crippen LogP contribution in [0.15, 0.2) is 22.6 Å². The molecule has 0 fully saturated rings. The van der Waals surface area contributed by atoms with Gasteiger partial charge in [-0.2, -0.15) is 0 Å². The van der Waals surface area contributed by atoms with Crippen molar-refractivity contribution in [3.63, 3.8) is 0 Å². The zero-order valence-electron chi connectivity index (χ0n) is 12.8. The van der Waals surface area contributed by atoms with Crippen molar-refractivity contribution in [3.05, 3.63) is 35.1 Å². The number of benzene rings is 1. The first-order valence-electron chi connectivity index (χ1n) is 6.57. The Morgan fingerprint density at radius 1 is 1.24 bits per heavy atom. The average Bonchev–Trinajstić information content (AvgIpc) is 2.33. The Morgan fingerprint density at radius 3 is 2.29 bits per heavy atom. The lowest BCUT2D eigenvalue weighted by atomic mass is 9.97. The molecule has 2 unspecified atom stereocenters. The lowest BCUT2D eigenvalue weighted by Crippen LogP contribution is -2.26. The molecule has 0 bridgehead atoms. The Morgan fingerprint density at radius 2 is 1.81 bits per heavy atom. The zero-order chi connectivity index (χ0) is 16.4. The second-order valence-corrected chi connectivity index (χ2v) is 7.94. The van der Waals surface area contributed by atoms with E-state index in [4.69, 9.17) is 0 Å². The highest BCUT2D eigenvalue weighted by atomic mass is 32.2. The fourth-order valence-electron chi connectivity index (χ4n) is 1.63. The van der Waals surface area contributed by atoms with Crippen LogP contribution in [0, 0.1) is 5.82 Å². The lowest BCUT2D eigenvalue weighted by molar-refractivity contribution is 0.0136. The molecule has 0 aliphatic heterocycles. The average molecular weight is 319 g/mol. The van der Waals surface area contributed by atoms with Crippen molar-refractivity contribution in [1.82, 2.24) is 0 Å². The summed E-state index contributed by atoms with van der Waals surface area (Å²) in [6.45, 7) is 7.58. The first-order valence-corrected chi connectivity index (χ1v) is 7.68. The standard InChI is InChI=1S/C15H20F3NOS/c1-10(9-19-21(20)14(2,3)4)11-7-6-8-12(13(11)16)15(5,17)18/h6-10H,1-5H3. The molecule has 118 valence electrons. The van der Waals surface area contributed by atoms with Crippen molar-refractivity contribution in [2.24, 2.45) is 4.40 Å². The van der Waals surface area contributed by atoms with Crippen molar-refractivity contribution in [3.8, 4) is 0 Å². The summed E-state index contributed by atoms with van der Waals surface area (Å²) in [6.07, 6.45) is 1.34. The van der Waals surface area contributed by atoms with E-state index in [0.717, 1.165) is 6.07 Å². The highest BCUT2D eigenvalue weighted by molar-refractivity contribution is 7.91. The molecule has 0 amide bonds.